The fourth-order valence-electron chi connectivity index (χ4n) is 3.21. The van der Waals surface area contributed by atoms with Gasteiger partial charge in [0, 0.05) is 23.7 Å². The van der Waals surface area contributed by atoms with Crippen LogP contribution in [-0.4, -0.2) is 59.6 Å². The molecule has 0 aliphatic heterocycles. The third kappa shape index (κ3) is 7.74. The Kier molecular flexibility index (Phi) is 11.9. The molecule has 2 atom stereocenters. The summed E-state index contributed by atoms with van der Waals surface area (Å²) in [6.45, 7) is 2.50. The van der Waals surface area contributed by atoms with Crippen LogP contribution in [-0.2, 0) is 22.4 Å². The molecule has 0 aliphatic rings. The first-order valence-corrected chi connectivity index (χ1v) is 11.8. The quantitative estimate of drug-likeness (QED) is 0.220. The number of ether oxygens (including phenoxy) is 4. The van der Waals surface area contributed by atoms with Crippen molar-refractivity contribution in [3.8, 4) is 23.0 Å². The van der Waals surface area contributed by atoms with Gasteiger partial charge in [0.2, 0.25) is 0 Å². The molecule has 0 heterocycles. The van der Waals surface area contributed by atoms with Gasteiger partial charge in [0.25, 0.3) is 21.3 Å². The zero-order chi connectivity index (χ0) is 29.3. The number of carbonyl (C=O) groups is 2. The molecule has 12 nitrogen and oxygen atoms in total. The number of benzene rings is 2. The third-order valence-corrected chi connectivity index (χ3v) is 6.68. The topological polar surface area (TPSA) is 157 Å². The highest BCUT2D eigenvalue weighted by Gasteiger charge is 2.44. The smallest absolute Gasteiger partial charge is 0.290 e. The van der Waals surface area contributed by atoms with Gasteiger partial charge in [-0.1, -0.05) is 37.4 Å². The van der Waals surface area contributed by atoms with E-state index < -0.39 is 31.2 Å². The van der Waals surface area contributed by atoms with E-state index in [4.69, 9.17) is 18.9 Å². The molecular formula is C24H30N2O10S2. The van der Waals surface area contributed by atoms with Crippen LogP contribution >= 0.6 is 25.3 Å². The second-order valence-electron chi connectivity index (χ2n) is 8.40. The average Bonchev–Trinajstić information content (AvgIpc) is 2.88. The van der Waals surface area contributed by atoms with Gasteiger partial charge in [-0.3, -0.25) is 29.8 Å². The van der Waals surface area contributed by atoms with E-state index in [0.717, 1.165) is 0 Å². The first-order valence-electron chi connectivity index (χ1n) is 10.9. The standard InChI is InChI=1S/2C12H15NO5S/c2*1-12(11(14)19,13(15)16)7-8-4-5-9(17-2)10(6-8)18-3/h2*4-6H,7H2,1-3H3,(H,14,19). The van der Waals surface area contributed by atoms with Gasteiger partial charge in [0.05, 0.1) is 41.3 Å². The Bertz CT molecular complexity index is 1070. The van der Waals surface area contributed by atoms with E-state index in [0.29, 0.717) is 34.1 Å². The molecule has 0 aliphatic carbocycles. The summed E-state index contributed by atoms with van der Waals surface area (Å²) in [7, 11) is 5.93. The summed E-state index contributed by atoms with van der Waals surface area (Å²) in [4.78, 5) is 43.5. The van der Waals surface area contributed by atoms with Crippen LogP contribution in [0.4, 0.5) is 0 Å². The van der Waals surface area contributed by atoms with Crippen molar-refractivity contribution in [2.45, 2.75) is 37.8 Å². The van der Waals surface area contributed by atoms with E-state index in [9.17, 15) is 29.8 Å². The minimum Gasteiger partial charge on any atom is -0.493 e. The van der Waals surface area contributed by atoms with Crippen molar-refractivity contribution in [3.63, 3.8) is 0 Å². The van der Waals surface area contributed by atoms with Crippen molar-refractivity contribution < 1.29 is 38.4 Å². The molecular weight excluding hydrogens is 540 g/mol. The maximum atomic E-state index is 11.4. The van der Waals surface area contributed by atoms with E-state index >= 15 is 0 Å². The Balaban J connectivity index is 0.000000380. The predicted molar refractivity (Wildman–Crippen MR) is 145 cm³/mol. The summed E-state index contributed by atoms with van der Waals surface area (Å²) in [6, 6.07) is 9.79. The second kappa shape index (κ2) is 13.9. The molecule has 0 saturated carbocycles. The van der Waals surface area contributed by atoms with Crippen LogP contribution in [0.3, 0.4) is 0 Å². The molecule has 0 bridgehead atoms. The van der Waals surface area contributed by atoms with E-state index in [1.165, 1.54) is 42.3 Å². The number of rotatable bonds is 12. The molecule has 0 spiro atoms. The summed E-state index contributed by atoms with van der Waals surface area (Å²) in [6.07, 6.45) is -0.134. The lowest BCUT2D eigenvalue weighted by Crippen LogP contribution is -2.43. The number of nitrogens with zero attached hydrogens (tertiary/aromatic N) is 2. The summed E-state index contributed by atoms with van der Waals surface area (Å²) in [5.74, 6) is 1.95. The number of hydrogen-bond donors (Lipinski definition) is 2. The summed E-state index contributed by atoms with van der Waals surface area (Å²) in [5.41, 5.74) is -2.33. The van der Waals surface area contributed by atoms with Crippen molar-refractivity contribution in [1.29, 1.82) is 0 Å². The molecule has 14 heteroatoms. The molecule has 2 rings (SSSR count). The highest BCUT2D eigenvalue weighted by molar-refractivity contribution is 7.97. The Morgan fingerprint density at radius 2 is 0.974 bits per heavy atom. The van der Waals surface area contributed by atoms with E-state index in [1.54, 1.807) is 36.4 Å². The van der Waals surface area contributed by atoms with Gasteiger partial charge in [0.15, 0.2) is 23.0 Å². The second-order valence-corrected chi connectivity index (χ2v) is 9.22. The molecule has 0 fully saturated rings. The first kappa shape index (κ1) is 32.5. The average molecular weight is 571 g/mol. The van der Waals surface area contributed by atoms with Gasteiger partial charge in [-0.15, -0.1) is 0 Å². The molecule has 2 unspecified atom stereocenters. The van der Waals surface area contributed by atoms with Gasteiger partial charge in [-0.2, -0.15) is 0 Å². The summed E-state index contributed by atoms with van der Waals surface area (Å²) in [5, 5.41) is 20.5. The van der Waals surface area contributed by atoms with Crippen LogP contribution in [0.1, 0.15) is 25.0 Å². The molecule has 38 heavy (non-hydrogen) atoms. The van der Waals surface area contributed by atoms with Gasteiger partial charge < -0.3 is 18.9 Å². The molecule has 0 saturated heterocycles. The SMILES string of the molecule is COc1ccc(CC(C)(C(=O)S)[N+](=O)[O-])cc1OC.COc1ccc(CC(C)(C(=O)S)[N+](=O)[O-])cc1OC. The lowest BCUT2D eigenvalue weighted by atomic mass is 9.94. The van der Waals surface area contributed by atoms with Crippen LogP contribution in [0.5, 0.6) is 23.0 Å². The van der Waals surface area contributed by atoms with E-state index in [-0.39, 0.29) is 12.8 Å². The number of carbonyl (C=O) groups excluding carboxylic acids is 2. The zero-order valence-corrected chi connectivity index (χ0v) is 23.5. The molecule has 0 amide bonds. The van der Waals surface area contributed by atoms with Crippen molar-refractivity contribution >= 4 is 35.5 Å². The van der Waals surface area contributed by atoms with Gasteiger partial charge in [-0.25, -0.2) is 0 Å². The molecule has 2 aromatic rings. The van der Waals surface area contributed by atoms with E-state index in [2.05, 4.69) is 25.3 Å². The minimum atomic E-state index is -1.76. The van der Waals surface area contributed by atoms with Crippen molar-refractivity contribution in [1.82, 2.24) is 0 Å². The Morgan fingerprint density at radius 3 is 1.18 bits per heavy atom. The Hall–Kier alpha value is -3.52. The molecule has 0 radical (unpaired) electrons. The normalized spacial score (nSPS) is 13.5. The lowest BCUT2D eigenvalue weighted by molar-refractivity contribution is -0.545. The minimum absolute atomic E-state index is 0.0668. The molecule has 0 aromatic heterocycles. The zero-order valence-electron chi connectivity index (χ0n) is 21.7. The van der Waals surface area contributed by atoms with Crippen molar-refractivity contribution in [2.24, 2.45) is 0 Å². The maximum absolute atomic E-state index is 11.4. The summed E-state index contributed by atoms with van der Waals surface area (Å²) >= 11 is 7.20. The Labute approximate surface area is 230 Å². The highest BCUT2D eigenvalue weighted by atomic mass is 32.1. The Morgan fingerprint density at radius 1 is 0.684 bits per heavy atom. The maximum Gasteiger partial charge on any atom is 0.290 e. The summed E-state index contributed by atoms with van der Waals surface area (Å²) < 4.78 is 20.4. The lowest BCUT2D eigenvalue weighted by Gasteiger charge is -2.17. The van der Waals surface area contributed by atoms with Crippen molar-refractivity contribution in [2.75, 3.05) is 28.4 Å². The number of nitro groups is 2. The van der Waals surface area contributed by atoms with Gasteiger partial charge >= 0.3 is 0 Å². The van der Waals surface area contributed by atoms with Crippen LogP contribution in [0.25, 0.3) is 0 Å². The number of methoxy groups -OCH3 is 4. The van der Waals surface area contributed by atoms with Gasteiger partial charge in [0.1, 0.15) is 0 Å². The fourth-order valence-corrected chi connectivity index (χ4v) is 3.53. The predicted octanol–water partition coefficient (Wildman–Crippen LogP) is 3.48. The van der Waals surface area contributed by atoms with Crippen LogP contribution < -0.4 is 18.9 Å². The monoisotopic (exact) mass is 570 g/mol. The molecule has 208 valence electrons. The molecule has 2 aromatic carbocycles. The molecule has 0 N–H and O–H groups in total. The van der Waals surface area contributed by atoms with Gasteiger partial charge in [-0.05, 0) is 35.4 Å². The van der Waals surface area contributed by atoms with E-state index in [1.807, 2.05) is 0 Å². The fraction of sp³-hybridized carbons (Fsp3) is 0.417. The van der Waals surface area contributed by atoms with Crippen LogP contribution in [0, 0.1) is 20.2 Å². The number of thiol groups is 2. The third-order valence-electron chi connectivity index (χ3n) is 5.72. The van der Waals surface area contributed by atoms with Crippen LogP contribution in [0.2, 0.25) is 0 Å². The largest absolute Gasteiger partial charge is 0.493 e. The van der Waals surface area contributed by atoms with Crippen LogP contribution in [0.15, 0.2) is 36.4 Å². The highest BCUT2D eigenvalue weighted by Crippen LogP contribution is 2.31. The van der Waals surface area contributed by atoms with Crippen molar-refractivity contribution in [3.05, 3.63) is 67.8 Å². The first-order chi connectivity index (χ1) is 17.7. The number of hydrogen-bond acceptors (Lipinski definition) is 10.